The van der Waals surface area contributed by atoms with Crippen molar-refractivity contribution in [3.8, 4) is 5.75 Å². The quantitative estimate of drug-likeness (QED) is 0.397. The molecule has 138 valence electrons. The summed E-state index contributed by atoms with van der Waals surface area (Å²) in [6, 6.07) is 3.17. The molecular weight excluding hydrogens is 428 g/mol. The second kappa shape index (κ2) is 8.15. The van der Waals surface area contributed by atoms with Crippen LogP contribution in [0.5, 0.6) is 5.75 Å². The summed E-state index contributed by atoms with van der Waals surface area (Å²) < 4.78 is 11.8. The Morgan fingerprint density at radius 2 is 2.12 bits per heavy atom. The summed E-state index contributed by atoms with van der Waals surface area (Å²) in [7, 11) is 0. The molecule has 0 amide bonds. The van der Waals surface area contributed by atoms with Crippen LogP contribution < -0.4 is 9.64 Å². The number of morpholine rings is 1. The number of halogens is 2. The van der Waals surface area contributed by atoms with Gasteiger partial charge in [-0.3, -0.25) is 10.1 Å². The molecular formula is C16H16BrClN4O4. The molecule has 2 heterocycles. The van der Waals surface area contributed by atoms with Crippen LogP contribution in [0.2, 0.25) is 5.15 Å². The fraction of sp³-hybridized carbons (Fsp3) is 0.375. The van der Waals surface area contributed by atoms with Crippen molar-refractivity contribution >= 4 is 39.0 Å². The molecule has 26 heavy (non-hydrogen) atoms. The van der Waals surface area contributed by atoms with Gasteiger partial charge in [0.15, 0.2) is 5.75 Å². The number of aryl methyl sites for hydroxylation is 1. The topological polar surface area (TPSA) is 90.6 Å². The van der Waals surface area contributed by atoms with E-state index in [1.807, 2.05) is 4.90 Å². The highest BCUT2D eigenvalue weighted by Crippen LogP contribution is 2.35. The van der Waals surface area contributed by atoms with E-state index in [1.54, 1.807) is 13.0 Å². The summed E-state index contributed by atoms with van der Waals surface area (Å²) in [5.41, 5.74) is 1.12. The molecule has 1 aromatic carbocycles. The third kappa shape index (κ3) is 4.05. The second-order valence-electron chi connectivity index (χ2n) is 5.68. The predicted molar refractivity (Wildman–Crippen MR) is 99.9 cm³/mol. The predicted octanol–water partition coefficient (Wildman–Crippen LogP) is 3.52. The van der Waals surface area contributed by atoms with E-state index in [1.165, 1.54) is 12.4 Å². The zero-order chi connectivity index (χ0) is 18.7. The van der Waals surface area contributed by atoms with Gasteiger partial charge in [-0.05, 0) is 18.6 Å². The maximum Gasteiger partial charge on any atom is 0.312 e. The van der Waals surface area contributed by atoms with Crippen LogP contribution in [0, 0.1) is 17.0 Å². The molecule has 0 saturated carbocycles. The van der Waals surface area contributed by atoms with Crippen LogP contribution in [-0.2, 0) is 11.3 Å². The van der Waals surface area contributed by atoms with Gasteiger partial charge in [-0.25, -0.2) is 9.97 Å². The van der Waals surface area contributed by atoms with Crippen LogP contribution in [0.25, 0.3) is 0 Å². The SMILES string of the molecule is Cc1cc(Br)cc([N+](=O)[O-])c1OCc1c(Cl)ncnc1N1CCOCC1. The number of hydrogen-bond donors (Lipinski definition) is 0. The lowest BCUT2D eigenvalue weighted by Gasteiger charge is -2.29. The minimum Gasteiger partial charge on any atom is -0.481 e. The first-order valence-corrected chi connectivity index (χ1v) is 9.04. The molecule has 0 bridgehead atoms. The Bertz CT molecular complexity index is 830. The third-order valence-electron chi connectivity index (χ3n) is 3.96. The lowest BCUT2D eigenvalue weighted by Crippen LogP contribution is -2.37. The number of benzene rings is 1. The van der Waals surface area contributed by atoms with Gasteiger partial charge in [0.1, 0.15) is 23.9 Å². The molecule has 0 aliphatic carbocycles. The summed E-state index contributed by atoms with van der Waals surface area (Å²) in [6.07, 6.45) is 1.39. The molecule has 0 N–H and O–H groups in total. The van der Waals surface area contributed by atoms with Crippen molar-refractivity contribution in [3.63, 3.8) is 0 Å². The van der Waals surface area contributed by atoms with Crippen LogP contribution >= 0.6 is 27.5 Å². The third-order valence-corrected chi connectivity index (χ3v) is 4.74. The van der Waals surface area contributed by atoms with E-state index in [9.17, 15) is 10.1 Å². The summed E-state index contributed by atoms with van der Waals surface area (Å²) in [4.78, 5) is 21.3. The molecule has 1 aromatic heterocycles. The maximum absolute atomic E-state index is 11.4. The van der Waals surface area contributed by atoms with Crippen molar-refractivity contribution in [1.82, 2.24) is 9.97 Å². The molecule has 0 spiro atoms. The largest absolute Gasteiger partial charge is 0.481 e. The highest BCUT2D eigenvalue weighted by molar-refractivity contribution is 9.10. The Labute approximate surface area is 163 Å². The van der Waals surface area contributed by atoms with E-state index in [4.69, 9.17) is 21.1 Å². The maximum atomic E-state index is 11.4. The van der Waals surface area contributed by atoms with Gasteiger partial charge < -0.3 is 14.4 Å². The molecule has 10 heteroatoms. The minimum absolute atomic E-state index is 0.0235. The normalized spacial score (nSPS) is 14.3. The van der Waals surface area contributed by atoms with Crippen molar-refractivity contribution in [2.24, 2.45) is 0 Å². The molecule has 0 unspecified atom stereocenters. The second-order valence-corrected chi connectivity index (χ2v) is 6.96. The number of nitro benzene ring substituents is 1. The lowest BCUT2D eigenvalue weighted by atomic mass is 10.2. The van der Waals surface area contributed by atoms with Crippen LogP contribution in [0.4, 0.5) is 11.5 Å². The smallest absolute Gasteiger partial charge is 0.312 e. The Morgan fingerprint density at radius 3 is 2.81 bits per heavy atom. The summed E-state index contributed by atoms with van der Waals surface area (Å²) in [5, 5.41) is 11.6. The highest BCUT2D eigenvalue weighted by Gasteiger charge is 2.23. The number of rotatable bonds is 5. The molecule has 1 saturated heterocycles. The zero-order valence-electron chi connectivity index (χ0n) is 13.9. The number of nitrogens with zero attached hydrogens (tertiary/aromatic N) is 4. The molecule has 0 radical (unpaired) electrons. The van der Waals surface area contributed by atoms with Gasteiger partial charge in [-0.15, -0.1) is 0 Å². The lowest BCUT2D eigenvalue weighted by molar-refractivity contribution is -0.386. The standard InChI is InChI=1S/C16H16BrClN4O4/c1-10-6-11(17)7-13(22(23)24)14(10)26-8-12-15(18)19-9-20-16(12)21-2-4-25-5-3-21/h6-7,9H,2-5,8H2,1H3. The minimum atomic E-state index is -0.473. The van der Waals surface area contributed by atoms with Gasteiger partial charge in [-0.1, -0.05) is 27.5 Å². The number of ether oxygens (including phenoxy) is 2. The van der Waals surface area contributed by atoms with Gasteiger partial charge in [0, 0.05) is 23.6 Å². The Hall–Kier alpha value is -1.97. The van der Waals surface area contributed by atoms with Gasteiger partial charge in [-0.2, -0.15) is 0 Å². The summed E-state index contributed by atoms with van der Waals surface area (Å²) >= 11 is 9.52. The molecule has 0 atom stereocenters. The van der Waals surface area contributed by atoms with Crippen molar-refractivity contribution < 1.29 is 14.4 Å². The van der Waals surface area contributed by atoms with E-state index >= 15 is 0 Å². The number of nitro groups is 1. The van der Waals surface area contributed by atoms with E-state index in [0.717, 1.165) is 0 Å². The Kier molecular flexibility index (Phi) is 5.90. The van der Waals surface area contributed by atoms with E-state index in [-0.39, 0.29) is 23.2 Å². The van der Waals surface area contributed by atoms with Gasteiger partial charge in [0.2, 0.25) is 0 Å². The number of anilines is 1. The average molecular weight is 444 g/mol. The van der Waals surface area contributed by atoms with Crippen molar-refractivity contribution in [1.29, 1.82) is 0 Å². The molecule has 1 aliphatic heterocycles. The van der Waals surface area contributed by atoms with Gasteiger partial charge >= 0.3 is 5.69 Å². The van der Waals surface area contributed by atoms with Crippen molar-refractivity contribution in [2.45, 2.75) is 13.5 Å². The van der Waals surface area contributed by atoms with Gasteiger partial charge in [0.05, 0.1) is 23.7 Å². The van der Waals surface area contributed by atoms with E-state index in [0.29, 0.717) is 47.7 Å². The molecule has 8 nitrogen and oxygen atoms in total. The highest BCUT2D eigenvalue weighted by atomic mass is 79.9. The van der Waals surface area contributed by atoms with E-state index < -0.39 is 4.92 Å². The van der Waals surface area contributed by atoms with Gasteiger partial charge in [0.25, 0.3) is 0 Å². The van der Waals surface area contributed by atoms with Crippen molar-refractivity contribution in [3.05, 3.63) is 49.3 Å². The first-order valence-electron chi connectivity index (χ1n) is 7.86. The van der Waals surface area contributed by atoms with Crippen LogP contribution in [-0.4, -0.2) is 41.2 Å². The number of aromatic nitrogens is 2. The van der Waals surface area contributed by atoms with Crippen LogP contribution in [0.1, 0.15) is 11.1 Å². The zero-order valence-corrected chi connectivity index (χ0v) is 16.3. The molecule has 2 aromatic rings. The fourth-order valence-corrected chi connectivity index (χ4v) is 3.48. The fourth-order valence-electron chi connectivity index (χ4n) is 2.73. The first-order chi connectivity index (χ1) is 12.5. The van der Waals surface area contributed by atoms with Crippen molar-refractivity contribution in [2.75, 3.05) is 31.2 Å². The Balaban J connectivity index is 1.90. The molecule has 1 fully saturated rings. The van der Waals surface area contributed by atoms with Crippen LogP contribution in [0.15, 0.2) is 22.9 Å². The average Bonchev–Trinajstić information content (AvgIpc) is 2.62. The Morgan fingerprint density at radius 1 is 1.38 bits per heavy atom. The van der Waals surface area contributed by atoms with Crippen LogP contribution in [0.3, 0.4) is 0 Å². The van der Waals surface area contributed by atoms with E-state index in [2.05, 4.69) is 25.9 Å². The summed E-state index contributed by atoms with van der Waals surface area (Å²) in [6.45, 7) is 4.32. The molecule has 3 rings (SSSR count). The summed E-state index contributed by atoms with van der Waals surface area (Å²) in [5.74, 6) is 0.858. The first kappa shape index (κ1) is 18.8. The molecule has 1 aliphatic rings. The monoisotopic (exact) mass is 442 g/mol. The number of hydrogen-bond acceptors (Lipinski definition) is 7.